The van der Waals surface area contributed by atoms with Crippen LogP contribution >= 0.6 is 0 Å². The zero-order valence-corrected chi connectivity index (χ0v) is 17.4. The first-order valence-electron chi connectivity index (χ1n) is 10.9. The van der Waals surface area contributed by atoms with E-state index in [2.05, 4.69) is 51.0 Å². The zero-order chi connectivity index (χ0) is 20.5. The largest absolute Gasteiger partial charge is 0.463 e. The number of hydrogen-bond donors (Lipinski definition) is 2. The fraction of sp³-hybridized carbons (Fsp3) is 0.478. The minimum Gasteiger partial charge on any atom is -0.463 e. The van der Waals surface area contributed by atoms with E-state index in [0.717, 1.165) is 55.6 Å². The third-order valence-corrected chi connectivity index (χ3v) is 6.16. The number of nitrogens with two attached hydrogens (primary N) is 1. The number of fused-ring (bicyclic) bond motifs is 3. The smallest absolute Gasteiger partial charge is 0.319 e. The molecule has 2 aromatic heterocycles. The molecule has 2 atom stereocenters. The minimum atomic E-state index is 0.355. The van der Waals surface area contributed by atoms with Gasteiger partial charge in [0.05, 0.1) is 19.3 Å². The maximum Gasteiger partial charge on any atom is 0.319 e. The molecule has 7 heteroatoms. The quantitative estimate of drug-likeness (QED) is 0.557. The number of H-pyrrole nitrogens is 1. The maximum atomic E-state index is 6.12. The first-order chi connectivity index (χ1) is 14.7. The zero-order valence-electron chi connectivity index (χ0n) is 17.4. The molecule has 2 bridgehead atoms. The van der Waals surface area contributed by atoms with Crippen molar-refractivity contribution in [1.29, 1.82) is 0 Å². The number of benzene rings is 1. The first-order valence-corrected chi connectivity index (χ1v) is 10.9. The molecule has 2 aliphatic heterocycles. The van der Waals surface area contributed by atoms with Crippen molar-refractivity contribution in [3.8, 4) is 6.01 Å². The highest BCUT2D eigenvalue weighted by molar-refractivity contribution is 5.87. The highest BCUT2D eigenvalue weighted by Gasteiger charge is 2.38. The average Bonchev–Trinajstić information content (AvgIpc) is 3.46. The van der Waals surface area contributed by atoms with Gasteiger partial charge in [0, 0.05) is 37.3 Å². The van der Waals surface area contributed by atoms with Gasteiger partial charge in [-0.3, -0.25) is 4.90 Å². The van der Waals surface area contributed by atoms with Crippen molar-refractivity contribution in [3.63, 3.8) is 0 Å². The van der Waals surface area contributed by atoms with Crippen molar-refractivity contribution in [2.75, 3.05) is 25.5 Å². The summed E-state index contributed by atoms with van der Waals surface area (Å²) < 4.78 is 11.4. The predicted molar refractivity (Wildman–Crippen MR) is 117 cm³/mol. The van der Waals surface area contributed by atoms with Gasteiger partial charge in [-0.25, -0.2) is 0 Å². The molecule has 1 unspecified atom stereocenters. The van der Waals surface area contributed by atoms with Crippen LogP contribution in [0, 0.1) is 0 Å². The summed E-state index contributed by atoms with van der Waals surface area (Å²) in [5.41, 5.74) is 11.4. The van der Waals surface area contributed by atoms with Crippen LogP contribution in [0.5, 0.6) is 6.01 Å². The summed E-state index contributed by atoms with van der Waals surface area (Å²) in [6.45, 7) is 5.68. The number of hydrogen-bond acceptors (Lipinski definition) is 6. The molecular formula is C23H29N5O2. The number of nitrogens with one attached hydrogen (secondary N) is 1. The highest BCUT2D eigenvalue weighted by atomic mass is 16.5. The van der Waals surface area contributed by atoms with E-state index >= 15 is 0 Å². The number of unbranched alkanes of at least 4 members (excludes halogenated alkanes) is 1. The minimum absolute atomic E-state index is 0.355. The number of nitrogen functional groups attached to an aromatic ring is 1. The second-order valence-corrected chi connectivity index (χ2v) is 8.40. The summed E-state index contributed by atoms with van der Waals surface area (Å²) in [4.78, 5) is 14.6. The Hall–Kier alpha value is -2.64. The second kappa shape index (κ2) is 8.24. The van der Waals surface area contributed by atoms with Crippen LogP contribution in [0.1, 0.15) is 42.9 Å². The molecule has 3 aromatic rings. The number of aromatic amines is 1. The van der Waals surface area contributed by atoms with Gasteiger partial charge in [0.2, 0.25) is 0 Å². The molecule has 158 valence electrons. The van der Waals surface area contributed by atoms with Gasteiger partial charge in [-0.2, -0.15) is 9.97 Å². The molecule has 2 saturated heterocycles. The molecule has 0 saturated carbocycles. The Morgan fingerprint density at radius 3 is 2.80 bits per heavy atom. The fourth-order valence-corrected chi connectivity index (χ4v) is 4.46. The molecular weight excluding hydrogens is 378 g/mol. The summed E-state index contributed by atoms with van der Waals surface area (Å²) in [5.74, 6) is 0.428. The van der Waals surface area contributed by atoms with E-state index < -0.39 is 0 Å². The highest BCUT2D eigenvalue weighted by Crippen LogP contribution is 2.29. The summed E-state index contributed by atoms with van der Waals surface area (Å²) in [5, 5.41) is 0. The van der Waals surface area contributed by atoms with Gasteiger partial charge in [0.25, 0.3) is 0 Å². The Morgan fingerprint density at radius 2 is 2.07 bits per heavy atom. The summed E-state index contributed by atoms with van der Waals surface area (Å²) in [7, 11) is 0. The van der Waals surface area contributed by atoms with Crippen molar-refractivity contribution in [2.24, 2.45) is 0 Å². The average molecular weight is 408 g/mol. The van der Waals surface area contributed by atoms with Gasteiger partial charge in [0.1, 0.15) is 11.0 Å². The van der Waals surface area contributed by atoms with Gasteiger partial charge >= 0.3 is 6.01 Å². The lowest BCUT2D eigenvalue weighted by Gasteiger charge is -2.26. The molecule has 2 aliphatic rings. The van der Waals surface area contributed by atoms with Crippen molar-refractivity contribution < 1.29 is 9.47 Å². The fourth-order valence-electron chi connectivity index (χ4n) is 4.46. The van der Waals surface area contributed by atoms with Crippen molar-refractivity contribution in [2.45, 2.75) is 51.3 Å². The molecule has 0 amide bonds. The number of morpholine rings is 1. The third kappa shape index (κ3) is 3.87. The molecule has 0 aliphatic carbocycles. The van der Waals surface area contributed by atoms with Crippen LogP contribution < -0.4 is 10.5 Å². The topological polar surface area (TPSA) is 89.3 Å². The van der Waals surface area contributed by atoms with Crippen LogP contribution in [0.4, 0.5) is 5.82 Å². The van der Waals surface area contributed by atoms with E-state index in [1.165, 1.54) is 17.5 Å². The van der Waals surface area contributed by atoms with E-state index in [1.54, 1.807) is 0 Å². The number of rotatable bonds is 8. The number of anilines is 1. The lowest BCUT2D eigenvalue weighted by molar-refractivity contribution is 0.0273. The van der Waals surface area contributed by atoms with E-state index in [1.807, 2.05) is 6.20 Å². The summed E-state index contributed by atoms with van der Waals surface area (Å²) >= 11 is 0. The molecule has 2 fully saturated rings. The van der Waals surface area contributed by atoms with Gasteiger partial charge in [-0.05, 0) is 24.0 Å². The first kappa shape index (κ1) is 19.3. The molecule has 0 spiro atoms. The van der Waals surface area contributed by atoms with E-state index in [9.17, 15) is 0 Å². The van der Waals surface area contributed by atoms with Crippen molar-refractivity contribution in [3.05, 3.63) is 47.2 Å². The van der Waals surface area contributed by atoms with E-state index in [-0.39, 0.29) is 0 Å². The predicted octanol–water partition coefficient (Wildman–Crippen LogP) is 3.28. The van der Waals surface area contributed by atoms with E-state index in [4.69, 9.17) is 15.2 Å². The molecule has 1 aromatic carbocycles. The molecule has 0 radical (unpaired) electrons. The monoisotopic (exact) mass is 407 g/mol. The number of likely N-dealkylation sites (tertiary alicyclic amines) is 1. The lowest BCUT2D eigenvalue weighted by Crippen LogP contribution is -2.36. The van der Waals surface area contributed by atoms with Crippen LogP contribution in [0.2, 0.25) is 0 Å². The molecule has 7 nitrogen and oxygen atoms in total. The number of nitrogens with zero attached hydrogens (tertiary/aromatic N) is 3. The van der Waals surface area contributed by atoms with Crippen molar-refractivity contribution in [1.82, 2.24) is 19.9 Å². The van der Waals surface area contributed by atoms with Crippen LogP contribution in [-0.2, 0) is 17.7 Å². The summed E-state index contributed by atoms with van der Waals surface area (Å²) in [6.07, 6.45) is 6.43. The van der Waals surface area contributed by atoms with Gasteiger partial charge < -0.3 is 20.2 Å². The van der Waals surface area contributed by atoms with Crippen LogP contribution in [-0.4, -0.2) is 51.8 Å². The molecule has 4 heterocycles. The van der Waals surface area contributed by atoms with Gasteiger partial charge in [-0.1, -0.05) is 37.6 Å². The summed E-state index contributed by atoms with van der Waals surface area (Å²) in [6, 6.07) is 9.84. The van der Waals surface area contributed by atoms with E-state index in [0.29, 0.717) is 30.6 Å². The molecule has 5 rings (SSSR count). The Bertz CT molecular complexity index is 1020. The van der Waals surface area contributed by atoms with Gasteiger partial charge in [0.15, 0.2) is 5.82 Å². The van der Waals surface area contributed by atoms with Crippen LogP contribution in [0.3, 0.4) is 0 Å². The SMILES string of the molecule is CCCCOc1nc(N)c2[nH]cc(Cc3ccc(CN4CC5C[C@H]4CO5)cc3)c2n1. The van der Waals surface area contributed by atoms with Crippen LogP contribution in [0.15, 0.2) is 30.5 Å². The maximum absolute atomic E-state index is 6.12. The van der Waals surface area contributed by atoms with Gasteiger partial charge in [-0.15, -0.1) is 0 Å². The normalized spacial score (nSPS) is 21.0. The van der Waals surface area contributed by atoms with Crippen molar-refractivity contribution >= 4 is 16.9 Å². The Kier molecular flexibility index (Phi) is 5.31. The standard InChI is InChI=1S/C23H29N5O2/c1-2-3-8-29-23-26-20-17(11-25-21(20)22(24)27-23)9-15-4-6-16(7-5-15)12-28-13-19-10-18(28)14-30-19/h4-7,11,18-19,25H,2-3,8-10,12-14H2,1H3,(H2,24,26,27)/t18-,19?/m0/s1. The number of aromatic nitrogens is 3. The molecule has 3 N–H and O–H groups in total. The number of ether oxygens (including phenoxy) is 2. The molecule has 30 heavy (non-hydrogen) atoms. The Morgan fingerprint density at radius 1 is 1.23 bits per heavy atom. The van der Waals surface area contributed by atoms with Crippen LogP contribution in [0.25, 0.3) is 11.0 Å². The second-order valence-electron chi connectivity index (χ2n) is 8.40. The Balaban J connectivity index is 1.29. The lowest BCUT2D eigenvalue weighted by atomic mass is 10.0. The Labute approximate surface area is 176 Å². The third-order valence-electron chi connectivity index (χ3n) is 6.16.